The predicted molar refractivity (Wildman–Crippen MR) is 75.2 cm³/mol. The van der Waals surface area contributed by atoms with Gasteiger partial charge in [0.2, 0.25) is 0 Å². The van der Waals surface area contributed by atoms with Crippen molar-refractivity contribution in [2.45, 2.75) is 57.0 Å². The van der Waals surface area contributed by atoms with Crippen LogP contribution in [0.1, 0.15) is 51.4 Å². The average Bonchev–Trinajstić information content (AvgIpc) is 2.95. The first-order chi connectivity index (χ1) is 8.24. The zero-order chi connectivity index (χ0) is 12.1. The number of aliphatic hydroxyl groups is 1. The monoisotopic (exact) mass is 257 g/mol. The van der Waals surface area contributed by atoms with Gasteiger partial charge in [-0.25, -0.2) is 0 Å². The minimum Gasteiger partial charge on any atom is -0.388 e. The van der Waals surface area contributed by atoms with Gasteiger partial charge in [-0.15, -0.1) is 0 Å². The van der Waals surface area contributed by atoms with Gasteiger partial charge in [0.1, 0.15) is 0 Å². The summed E-state index contributed by atoms with van der Waals surface area (Å²) < 4.78 is 0. The van der Waals surface area contributed by atoms with Gasteiger partial charge < -0.3 is 10.8 Å². The van der Waals surface area contributed by atoms with E-state index in [-0.39, 0.29) is 0 Å². The molecule has 0 aromatic rings. The van der Waals surface area contributed by atoms with Crippen molar-refractivity contribution in [1.29, 1.82) is 0 Å². The molecule has 2 atom stereocenters. The lowest BCUT2D eigenvalue weighted by Gasteiger charge is -2.28. The molecule has 0 bridgehead atoms. The highest BCUT2D eigenvalue weighted by Gasteiger charge is 2.39. The van der Waals surface area contributed by atoms with E-state index in [0.29, 0.717) is 12.5 Å². The van der Waals surface area contributed by atoms with E-state index >= 15 is 0 Å². The molecular weight excluding hydrogens is 230 g/mol. The summed E-state index contributed by atoms with van der Waals surface area (Å²) in [5.74, 6) is 4.00. The van der Waals surface area contributed by atoms with Crippen LogP contribution >= 0.6 is 11.8 Å². The van der Waals surface area contributed by atoms with E-state index in [9.17, 15) is 5.11 Å². The van der Waals surface area contributed by atoms with Crippen molar-refractivity contribution in [2.24, 2.45) is 17.6 Å². The maximum Gasteiger partial charge on any atom is 0.0797 e. The van der Waals surface area contributed by atoms with Crippen molar-refractivity contribution >= 4 is 11.8 Å². The fourth-order valence-electron chi connectivity index (χ4n) is 3.46. The molecule has 2 nitrogen and oxygen atoms in total. The topological polar surface area (TPSA) is 46.2 Å². The number of hydrogen-bond acceptors (Lipinski definition) is 3. The van der Waals surface area contributed by atoms with Crippen LogP contribution in [0.5, 0.6) is 0 Å². The van der Waals surface area contributed by atoms with Crippen LogP contribution in [-0.4, -0.2) is 28.8 Å². The molecule has 2 aliphatic carbocycles. The van der Waals surface area contributed by atoms with Crippen LogP contribution < -0.4 is 5.73 Å². The summed E-state index contributed by atoms with van der Waals surface area (Å²) in [5.41, 5.74) is 5.17. The van der Waals surface area contributed by atoms with Crippen molar-refractivity contribution in [3.63, 3.8) is 0 Å². The van der Waals surface area contributed by atoms with Gasteiger partial charge in [-0.3, -0.25) is 0 Å². The van der Waals surface area contributed by atoms with Crippen molar-refractivity contribution in [1.82, 2.24) is 0 Å². The van der Waals surface area contributed by atoms with E-state index < -0.39 is 5.60 Å². The summed E-state index contributed by atoms with van der Waals surface area (Å²) in [6, 6.07) is 0. The lowest BCUT2D eigenvalue weighted by atomic mass is 9.89. The third kappa shape index (κ3) is 3.62. The molecule has 0 aromatic heterocycles. The predicted octanol–water partition coefficient (Wildman–Crippen LogP) is 2.79. The molecule has 0 saturated heterocycles. The molecule has 0 aromatic carbocycles. The number of hydrogen-bond donors (Lipinski definition) is 2. The summed E-state index contributed by atoms with van der Waals surface area (Å²) in [6.45, 7) is 0.449. The molecule has 0 amide bonds. The Morgan fingerprint density at radius 3 is 2.65 bits per heavy atom. The van der Waals surface area contributed by atoms with E-state index in [1.807, 2.05) is 0 Å². The maximum atomic E-state index is 10.3. The summed E-state index contributed by atoms with van der Waals surface area (Å²) in [5, 5.41) is 10.3. The van der Waals surface area contributed by atoms with Gasteiger partial charge in [0.15, 0.2) is 0 Å². The molecule has 0 radical (unpaired) electrons. The normalized spacial score (nSPS) is 34.6. The molecule has 0 spiro atoms. The van der Waals surface area contributed by atoms with Gasteiger partial charge in [0, 0.05) is 6.54 Å². The highest BCUT2D eigenvalue weighted by molar-refractivity contribution is 7.99. The SMILES string of the molecule is NCC1(O)CCCC1CCSCC1CCCC1. The molecule has 2 rings (SSSR count). The van der Waals surface area contributed by atoms with E-state index in [0.717, 1.165) is 25.2 Å². The Morgan fingerprint density at radius 1 is 1.18 bits per heavy atom. The van der Waals surface area contributed by atoms with Crippen LogP contribution in [0.3, 0.4) is 0 Å². The molecule has 3 heteroatoms. The molecular formula is C14H27NOS. The zero-order valence-corrected chi connectivity index (χ0v) is 11.7. The van der Waals surface area contributed by atoms with Crippen LogP contribution in [-0.2, 0) is 0 Å². The first-order valence-corrected chi connectivity index (χ1v) is 8.40. The van der Waals surface area contributed by atoms with Gasteiger partial charge in [0.05, 0.1) is 5.60 Å². The van der Waals surface area contributed by atoms with Gasteiger partial charge >= 0.3 is 0 Å². The van der Waals surface area contributed by atoms with Crippen molar-refractivity contribution < 1.29 is 5.11 Å². The molecule has 3 N–H and O–H groups in total. The Hall–Kier alpha value is 0.270. The maximum absolute atomic E-state index is 10.3. The fourth-order valence-corrected chi connectivity index (χ4v) is 4.75. The molecule has 2 unspecified atom stereocenters. The first kappa shape index (κ1) is 13.7. The molecule has 2 saturated carbocycles. The highest BCUT2D eigenvalue weighted by Crippen LogP contribution is 2.38. The second-order valence-corrected chi connectivity index (χ2v) is 7.06. The smallest absolute Gasteiger partial charge is 0.0797 e. The second kappa shape index (κ2) is 6.44. The molecule has 2 aliphatic rings. The quantitative estimate of drug-likeness (QED) is 0.719. The molecule has 2 fully saturated rings. The van der Waals surface area contributed by atoms with Crippen LogP contribution in [0, 0.1) is 11.8 Å². The van der Waals surface area contributed by atoms with Crippen LogP contribution in [0.15, 0.2) is 0 Å². The Bertz CT molecular complexity index is 230. The van der Waals surface area contributed by atoms with Gasteiger partial charge in [-0.2, -0.15) is 11.8 Å². The Labute approximate surface area is 110 Å². The van der Waals surface area contributed by atoms with E-state index in [1.54, 1.807) is 0 Å². The van der Waals surface area contributed by atoms with Crippen LogP contribution in [0.2, 0.25) is 0 Å². The summed E-state index contributed by atoms with van der Waals surface area (Å²) in [7, 11) is 0. The van der Waals surface area contributed by atoms with Crippen molar-refractivity contribution in [3.05, 3.63) is 0 Å². The van der Waals surface area contributed by atoms with Crippen molar-refractivity contribution in [2.75, 3.05) is 18.1 Å². The number of rotatable bonds is 6. The second-order valence-electron chi connectivity index (χ2n) is 5.91. The van der Waals surface area contributed by atoms with Crippen LogP contribution in [0.25, 0.3) is 0 Å². The molecule has 0 heterocycles. The Balaban J connectivity index is 1.61. The summed E-state index contributed by atoms with van der Waals surface area (Å²) >= 11 is 2.10. The van der Waals surface area contributed by atoms with Gasteiger partial charge in [-0.05, 0) is 55.4 Å². The molecule has 17 heavy (non-hydrogen) atoms. The van der Waals surface area contributed by atoms with Crippen molar-refractivity contribution in [3.8, 4) is 0 Å². The lowest BCUT2D eigenvalue weighted by Crippen LogP contribution is -2.41. The summed E-state index contributed by atoms with van der Waals surface area (Å²) in [6.07, 6.45) is 10.2. The third-order valence-electron chi connectivity index (χ3n) is 4.71. The standard InChI is InChI=1S/C14H27NOS/c15-11-14(16)8-3-6-13(14)7-9-17-10-12-4-1-2-5-12/h12-13,16H,1-11,15H2. The average molecular weight is 257 g/mol. The minimum absolute atomic E-state index is 0.449. The van der Waals surface area contributed by atoms with E-state index in [4.69, 9.17) is 5.73 Å². The molecule has 100 valence electrons. The molecule has 0 aliphatic heterocycles. The summed E-state index contributed by atoms with van der Waals surface area (Å²) in [4.78, 5) is 0. The largest absolute Gasteiger partial charge is 0.388 e. The van der Waals surface area contributed by atoms with E-state index in [1.165, 1.54) is 43.6 Å². The fraction of sp³-hybridized carbons (Fsp3) is 1.00. The number of nitrogens with two attached hydrogens (primary N) is 1. The zero-order valence-electron chi connectivity index (χ0n) is 10.9. The van der Waals surface area contributed by atoms with Gasteiger partial charge in [-0.1, -0.05) is 19.3 Å². The first-order valence-electron chi connectivity index (χ1n) is 7.25. The third-order valence-corrected chi connectivity index (χ3v) is 5.95. The van der Waals surface area contributed by atoms with Crippen LogP contribution in [0.4, 0.5) is 0 Å². The highest BCUT2D eigenvalue weighted by atomic mass is 32.2. The number of thioether (sulfide) groups is 1. The Kier molecular flexibility index (Phi) is 5.19. The van der Waals surface area contributed by atoms with Gasteiger partial charge in [0.25, 0.3) is 0 Å². The minimum atomic E-state index is -0.534. The van der Waals surface area contributed by atoms with E-state index in [2.05, 4.69) is 11.8 Å². The Morgan fingerprint density at radius 2 is 1.94 bits per heavy atom. The lowest BCUT2D eigenvalue weighted by molar-refractivity contribution is 0.0103.